The molecule has 10 heteroatoms. The largest absolute Gasteiger partial charge is 0.460 e. The fourth-order valence-electron chi connectivity index (χ4n) is 3.79. The molecule has 2 atom stereocenters. The minimum atomic E-state index is -1.14. The summed E-state index contributed by atoms with van der Waals surface area (Å²) in [5.41, 5.74) is 6.59. The van der Waals surface area contributed by atoms with E-state index in [4.69, 9.17) is 19.9 Å². The van der Waals surface area contributed by atoms with E-state index in [1.165, 1.54) is 0 Å². The van der Waals surface area contributed by atoms with Crippen molar-refractivity contribution < 1.29 is 33.4 Å². The molecule has 0 aliphatic carbocycles. The van der Waals surface area contributed by atoms with Gasteiger partial charge in [0.05, 0.1) is 6.04 Å². The number of unbranched alkanes of at least 4 members (excludes halogenated alkanes) is 1. The number of ether oxygens (including phenoxy) is 3. The van der Waals surface area contributed by atoms with Crippen LogP contribution in [-0.4, -0.2) is 48.7 Å². The molecule has 0 aromatic heterocycles. The number of benzene rings is 2. The van der Waals surface area contributed by atoms with E-state index in [1.807, 2.05) is 60.7 Å². The summed E-state index contributed by atoms with van der Waals surface area (Å²) in [4.78, 5) is 50.8. The van der Waals surface area contributed by atoms with Crippen LogP contribution in [0.1, 0.15) is 57.6 Å². The summed E-state index contributed by atoms with van der Waals surface area (Å²) in [5.74, 6) is -2.33. The molecule has 0 bridgehead atoms. The van der Waals surface area contributed by atoms with Crippen LogP contribution in [0.4, 0.5) is 9.59 Å². The summed E-state index contributed by atoms with van der Waals surface area (Å²) in [6, 6.07) is 17.4. The van der Waals surface area contributed by atoms with Gasteiger partial charge in [-0.25, -0.2) is 9.59 Å². The first-order valence-electron chi connectivity index (χ1n) is 13.5. The van der Waals surface area contributed by atoms with Gasteiger partial charge in [-0.1, -0.05) is 60.7 Å². The molecule has 2 aromatic carbocycles. The number of Topliss-reactive ketones (excluding diaryl/α,β-unsaturated/α-hetero) is 1. The highest BCUT2D eigenvalue weighted by Crippen LogP contribution is 2.16. The molecular formula is C30H41N3O7. The van der Waals surface area contributed by atoms with E-state index in [-0.39, 0.29) is 32.6 Å². The Morgan fingerprint density at radius 2 is 1.38 bits per heavy atom. The number of nitrogens with one attached hydrogen (secondary N) is 2. The van der Waals surface area contributed by atoms with Crippen molar-refractivity contribution >= 4 is 23.9 Å². The van der Waals surface area contributed by atoms with Crippen LogP contribution in [0.3, 0.4) is 0 Å². The average molecular weight is 556 g/mol. The van der Waals surface area contributed by atoms with Crippen molar-refractivity contribution in [3.8, 4) is 0 Å². The molecule has 0 spiro atoms. The lowest BCUT2D eigenvalue weighted by Crippen LogP contribution is -2.47. The van der Waals surface area contributed by atoms with E-state index in [0.29, 0.717) is 19.4 Å². The third kappa shape index (κ3) is 12.8. The van der Waals surface area contributed by atoms with Crippen molar-refractivity contribution in [1.82, 2.24) is 10.6 Å². The Balaban J connectivity index is 1.93. The highest BCUT2D eigenvalue weighted by molar-refractivity contribution is 6.02. The molecular weight excluding hydrogens is 514 g/mol. The Bertz CT molecular complexity index is 1070. The van der Waals surface area contributed by atoms with Gasteiger partial charge in [-0.2, -0.15) is 0 Å². The van der Waals surface area contributed by atoms with Crippen molar-refractivity contribution in [3.05, 3.63) is 71.8 Å². The number of nitrogens with two attached hydrogens (primary N) is 1. The van der Waals surface area contributed by atoms with E-state index in [9.17, 15) is 19.2 Å². The van der Waals surface area contributed by atoms with Crippen LogP contribution in [0, 0.1) is 5.92 Å². The topological polar surface area (TPSA) is 146 Å². The van der Waals surface area contributed by atoms with Gasteiger partial charge in [-0.3, -0.25) is 9.59 Å². The fourth-order valence-corrected chi connectivity index (χ4v) is 3.79. The summed E-state index contributed by atoms with van der Waals surface area (Å²) < 4.78 is 15.9. The number of esters is 1. The lowest BCUT2D eigenvalue weighted by molar-refractivity contribution is -0.154. The summed E-state index contributed by atoms with van der Waals surface area (Å²) in [7, 11) is 0. The number of ketones is 1. The smallest absolute Gasteiger partial charge is 0.408 e. The number of hydrogen-bond donors (Lipinski definition) is 3. The van der Waals surface area contributed by atoms with Crippen LogP contribution in [0.25, 0.3) is 0 Å². The summed E-state index contributed by atoms with van der Waals surface area (Å²) in [6.07, 6.45) is -0.0236. The van der Waals surface area contributed by atoms with Crippen LogP contribution >= 0.6 is 0 Å². The van der Waals surface area contributed by atoms with Gasteiger partial charge in [-0.05, 0) is 64.1 Å². The van der Waals surface area contributed by atoms with E-state index in [0.717, 1.165) is 11.1 Å². The van der Waals surface area contributed by atoms with Gasteiger partial charge in [0, 0.05) is 6.54 Å². The van der Waals surface area contributed by atoms with E-state index in [1.54, 1.807) is 20.8 Å². The van der Waals surface area contributed by atoms with Gasteiger partial charge < -0.3 is 30.6 Å². The van der Waals surface area contributed by atoms with Crippen LogP contribution < -0.4 is 16.4 Å². The van der Waals surface area contributed by atoms with Gasteiger partial charge >= 0.3 is 18.2 Å². The zero-order valence-electron chi connectivity index (χ0n) is 23.5. The normalized spacial score (nSPS) is 12.5. The molecule has 0 aliphatic rings. The van der Waals surface area contributed by atoms with Gasteiger partial charge in [0.25, 0.3) is 0 Å². The molecule has 2 aromatic rings. The predicted octanol–water partition coefficient (Wildman–Crippen LogP) is 4.25. The average Bonchev–Trinajstić information content (AvgIpc) is 2.92. The Morgan fingerprint density at radius 3 is 1.93 bits per heavy atom. The first-order chi connectivity index (χ1) is 19.1. The van der Waals surface area contributed by atoms with Crippen LogP contribution in [0.2, 0.25) is 0 Å². The summed E-state index contributed by atoms with van der Waals surface area (Å²) in [6.45, 7) is 5.71. The Hall–Kier alpha value is -3.92. The zero-order valence-corrected chi connectivity index (χ0v) is 23.5. The molecule has 2 amide bonds. The molecule has 10 nitrogen and oxygen atoms in total. The monoisotopic (exact) mass is 555 g/mol. The highest BCUT2D eigenvalue weighted by atomic mass is 16.6. The molecule has 218 valence electrons. The maximum atomic E-state index is 13.5. The van der Waals surface area contributed by atoms with Gasteiger partial charge in [0.2, 0.25) is 0 Å². The first kappa shape index (κ1) is 32.3. The first-order valence-corrected chi connectivity index (χ1v) is 13.5. The van der Waals surface area contributed by atoms with E-state index >= 15 is 0 Å². The second-order valence-electron chi connectivity index (χ2n) is 10.3. The molecule has 0 fully saturated rings. The van der Waals surface area contributed by atoms with Crippen LogP contribution in [-0.2, 0) is 37.0 Å². The number of carbonyl (C=O) groups excluding carboxylic acids is 4. The number of amides is 2. The Morgan fingerprint density at radius 1 is 0.800 bits per heavy atom. The zero-order chi connectivity index (χ0) is 29.4. The Labute approximate surface area is 235 Å². The highest BCUT2D eigenvalue weighted by Gasteiger charge is 2.34. The summed E-state index contributed by atoms with van der Waals surface area (Å²) >= 11 is 0. The number of carbonyl (C=O) groups is 4. The minimum Gasteiger partial charge on any atom is -0.460 e. The molecule has 4 N–H and O–H groups in total. The van der Waals surface area contributed by atoms with Gasteiger partial charge in [0.15, 0.2) is 5.78 Å². The Kier molecular flexibility index (Phi) is 13.7. The molecule has 40 heavy (non-hydrogen) atoms. The number of rotatable bonds is 15. The van der Waals surface area contributed by atoms with Crippen LogP contribution in [0.5, 0.6) is 0 Å². The quantitative estimate of drug-likeness (QED) is 0.128. The van der Waals surface area contributed by atoms with E-state index in [2.05, 4.69) is 10.6 Å². The number of hydrogen-bond acceptors (Lipinski definition) is 8. The van der Waals surface area contributed by atoms with Crippen LogP contribution in [0.15, 0.2) is 60.7 Å². The molecule has 0 aliphatic heterocycles. The predicted molar refractivity (Wildman–Crippen MR) is 150 cm³/mol. The molecule has 0 heterocycles. The second-order valence-corrected chi connectivity index (χ2v) is 10.3. The molecule has 2 rings (SSSR count). The maximum absolute atomic E-state index is 13.5. The summed E-state index contributed by atoms with van der Waals surface area (Å²) in [5, 5.41) is 5.28. The van der Waals surface area contributed by atoms with Crippen molar-refractivity contribution in [2.24, 2.45) is 11.7 Å². The third-order valence-corrected chi connectivity index (χ3v) is 5.74. The van der Waals surface area contributed by atoms with E-state index < -0.39 is 41.5 Å². The fraction of sp³-hybridized carbons (Fsp3) is 0.467. The number of alkyl carbamates (subject to hydrolysis) is 2. The maximum Gasteiger partial charge on any atom is 0.408 e. The van der Waals surface area contributed by atoms with Gasteiger partial charge in [0.1, 0.15) is 24.7 Å². The molecule has 0 radical (unpaired) electrons. The van der Waals surface area contributed by atoms with Crippen molar-refractivity contribution in [1.29, 1.82) is 0 Å². The standard InChI is InChI=1S/C30H41N3O7/c1-30(2,3)40-29(37)33-25(16-10-11-19-32-28(36)39-21-23-14-8-5-9-15-23)26(34)24(17-18-31)27(35)38-20-22-12-6-4-7-13-22/h4-9,12-15,24-25H,10-11,16-21,31H2,1-3H3,(H,32,36)(H,33,37)/t24?,25-/m0/s1. The van der Waals surface area contributed by atoms with Crippen molar-refractivity contribution in [2.45, 2.75) is 71.3 Å². The molecule has 0 saturated carbocycles. The molecule has 0 saturated heterocycles. The SMILES string of the molecule is CC(C)(C)OC(=O)N[C@@H](CCCCNC(=O)OCc1ccccc1)C(=O)C(CCN)C(=O)OCc1ccccc1. The minimum absolute atomic E-state index is 0.0181. The van der Waals surface area contributed by atoms with Gasteiger partial charge in [-0.15, -0.1) is 0 Å². The lowest BCUT2D eigenvalue weighted by Gasteiger charge is -2.25. The lowest BCUT2D eigenvalue weighted by atomic mass is 9.92. The van der Waals surface area contributed by atoms with Crippen molar-refractivity contribution in [2.75, 3.05) is 13.1 Å². The second kappa shape index (κ2) is 16.9. The van der Waals surface area contributed by atoms with Crippen molar-refractivity contribution in [3.63, 3.8) is 0 Å². The molecule has 1 unspecified atom stereocenters. The third-order valence-electron chi connectivity index (χ3n) is 5.74.